The van der Waals surface area contributed by atoms with Gasteiger partial charge in [0.15, 0.2) is 12.2 Å². The van der Waals surface area contributed by atoms with Crippen LogP contribution in [-0.2, 0) is 44.7 Å². The Balaban J connectivity index is 1.39. The van der Waals surface area contributed by atoms with E-state index in [0.29, 0.717) is 23.8 Å². The average molecular weight is 676 g/mol. The van der Waals surface area contributed by atoms with Gasteiger partial charge in [0.1, 0.15) is 22.5 Å². The molecule has 0 unspecified atom stereocenters. The molecule has 12 heteroatoms. The van der Waals surface area contributed by atoms with Gasteiger partial charge in [0.25, 0.3) is 0 Å². The van der Waals surface area contributed by atoms with Gasteiger partial charge >= 0.3 is 29.5 Å². The van der Waals surface area contributed by atoms with Crippen LogP contribution in [0.4, 0.5) is 0 Å². The summed E-state index contributed by atoms with van der Waals surface area (Å²) in [5.74, 6) is -2.40. The zero-order chi connectivity index (χ0) is 35.9. The fourth-order valence-corrected chi connectivity index (χ4v) is 9.08. The molecule has 4 bridgehead atoms. The first-order valence-electron chi connectivity index (χ1n) is 16.7. The second kappa shape index (κ2) is 9.64. The van der Waals surface area contributed by atoms with Gasteiger partial charge in [0.2, 0.25) is 17.7 Å². The van der Waals surface area contributed by atoms with Gasteiger partial charge in [0, 0.05) is 16.2 Å². The normalized spacial score (nSPS) is 35.6. The molecule has 3 aliphatic heterocycles. The molecule has 260 valence electrons. The lowest BCUT2D eigenvalue weighted by molar-refractivity contribution is -0.217. The summed E-state index contributed by atoms with van der Waals surface area (Å²) in [6, 6.07) is 3.35. The zero-order valence-electron chi connectivity index (χ0n) is 29.3. The smallest absolute Gasteiger partial charge is 0.351 e. The minimum Gasteiger partial charge on any atom is -0.483 e. The first-order valence-corrected chi connectivity index (χ1v) is 16.7. The van der Waals surface area contributed by atoms with E-state index in [4.69, 9.17) is 34.7 Å². The predicted molar refractivity (Wildman–Crippen MR) is 171 cm³/mol. The summed E-state index contributed by atoms with van der Waals surface area (Å²) in [5.41, 5.74) is -8.13. The number of carbonyl (C=O) groups excluding carboxylic acids is 4. The summed E-state index contributed by atoms with van der Waals surface area (Å²) < 4.78 is 36.7. The summed E-state index contributed by atoms with van der Waals surface area (Å²) in [6.45, 7) is 22.9. The number of hydrogen-bond acceptors (Lipinski definition) is 11. The Labute approximate surface area is 283 Å². The van der Waals surface area contributed by atoms with Crippen molar-refractivity contribution in [3.8, 4) is 5.75 Å². The highest BCUT2D eigenvalue weighted by molar-refractivity contribution is 5.95. The van der Waals surface area contributed by atoms with E-state index in [1.807, 2.05) is 0 Å². The SMILES string of the molecule is [C-]#[N+]Cc1c(C)c2ccc3c(c2oc1=O)[C@@H](OC(=O)[C@@]12CC[C@@](C)(C(=O)O1)C2(C)C)[C@@H](OC(=O)[C@@]12CC[C@@](C)(C(=O)O1)C2(C)C)C(C)(C)O3. The molecular formula is C37H41NO11. The molecule has 49 heavy (non-hydrogen) atoms. The van der Waals surface area contributed by atoms with Gasteiger partial charge in [-0.25, -0.2) is 21.0 Å². The summed E-state index contributed by atoms with van der Waals surface area (Å²) in [4.78, 5) is 71.8. The molecule has 2 aliphatic carbocycles. The Kier molecular flexibility index (Phi) is 6.51. The van der Waals surface area contributed by atoms with Gasteiger partial charge in [-0.1, -0.05) is 27.7 Å². The number of ether oxygens (including phenoxy) is 5. The average Bonchev–Trinajstić information content (AvgIpc) is 3.48. The van der Waals surface area contributed by atoms with Gasteiger partial charge in [-0.05, 0) is 78.0 Å². The lowest BCUT2D eigenvalue weighted by atomic mass is 9.66. The number of carbonyl (C=O) groups is 4. The molecule has 0 amide bonds. The van der Waals surface area contributed by atoms with Crippen LogP contribution in [0.1, 0.15) is 104 Å². The molecule has 4 fully saturated rings. The van der Waals surface area contributed by atoms with Gasteiger partial charge < -0.3 is 32.9 Å². The van der Waals surface area contributed by atoms with Gasteiger partial charge in [-0.3, -0.25) is 9.59 Å². The van der Waals surface area contributed by atoms with Crippen LogP contribution >= 0.6 is 0 Å². The van der Waals surface area contributed by atoms with Gasteiger partial charge in [-0.15, -0.1) is 0 Å². The number of esters is 4. The van der Waals surface area contributed by atoms with Crippen molar-refractivity contribution in [1.82, 2.24) is 0 Å². The van der Waals surface area contributed by atoms with Crippen molar-refractivity contribution >= 4 is 34.8 Å². The lowest BCUT2D eigenvalue weighted by Gasteiger charge is -2.45. The Morgan fingerprint density at radius 1 is 0.816 bits per heavy atom. The summed E-state index contributed by atoms with van der Waals surface area (Å²) >= 11 is 0. The highest BCUT2D eigenvalue weighted by Crippen LogP contribution is 2.67. The fraction of sp³-hybridized carbons (Fsp3) is 0.622. The largest absolute Gasteiger partial charge is 0.483 e. The number of nitrogens with zero attached hydrogens (tertiary/aromatic N) is 1. The van der Waals surface area contributed by atoms with Gasteiger partial charge in [-0.2, -0.15) is 0 Å². The van der Waals surface area contributed by atoms with E-state index in [-0.39, 0.29) is 41.8 Å². The maximum Gasteiger partial charge on any atom is 0.351 e. The third-order valence-corrected chi connectivity index (χ3v) is 13.6. The number of rotatable bonds is 5. The van der Waals surface area contributed by atoms with E-state index in [0.717, 1.165) is 0 Å². The molecule has 4 heterocycles. The summed E-state index contributed by atoms with van der Waals surface area (Å²) in [5, 5.41) is 0.474. The van der Waals surface area contributed by atoms with E-state index in [2.05, 4.69) is 4.85 Å². The molecule has 7 rings (SSSR count). The highest BCUT2D eigenvalue weighted by Gasteiger charge is 2.78. The summed E-state index contributed by atoms with van der Waals surface area (Å²) in [6.07, 6.45) is -1.48. The van der Waals surface area contributed by atoms with Crippen LogP contribution in [0, 0.1) is 35.2 Å². The number of fused-ring (bicyclic) bond motifs is 7. The van der Waals surface area contributed by atoms with E-state index in [9.17, 15) is 24.0 Å². The predicted octanol–water partition coefficient (Wildman–Crippen LogP) is 5.43. The first-order chi connectivity index (χ1) is 22.7. The summed E-state index contributed by atoms with van der Waals surface area (Å²) in [7, 11) is 0. The maximum absolute atomic E-state index is 14.6. The minimum atomic E-state index is -1.63. The second-order valence-electron chi connectivity index (χ2n) is 16.4. The molecule has 0 N–H and O–H groups in total. The number of aryl methyl sites for hydroxylation is 1. The molecule has 1 aromatic heterocycles. The third kappa shape index (κ3) is 3.71. The monoisotopic (exact) mass is 675 g/mol. The molecule has 6 atom stereocenters. The van der Waals surface area contributed by atoms with Crippen molar-refractivity contribution in [2.24, 2.45) is 21.7 Å². The maximum atomic E-state index is 14.6. The zero-order valence-corrected chi connectivity index (χ0v) is 29.3. The number of hydrogen-bond donors (Lipinski definition) is 0. The van der Waals surface area contributed by atoms with Gasteiger partial charge in [0.05, 0.1) is 16.4 Å². The fourth-order valence-electron chi connectivity index (χ4n) is 9.08. The van der Waals surface area contributed by atoms with Crippen molar-refractivity contribution in [1.29, 1.82) is 0 Å². The molecule has 0 spiro atoms. The Hall–Kier alpha value is -4.40. The van der Waals surface area contributed by atoms with E-state index in [1.165, 1.54) is 0 Å². The quantitative estimate of drug-likeness (QED) is 0.173. The van der Waals surface area contributed by atoms with Crippen LogP contribution in [0.5, 0.6) is 5.75 Å². The van der Waals surface area contributed by atoms with Crippen LogP contribution in [0.15, 0.2) is 21.3 Å². The van der Waals surface area contributed by atoms with Crippen LogP contribution in [0.25, 0.3) is 15.8 Å². The Morgan fingerprint density at radius 2 is 1.35 bits per heavy atom. The Bertz CT molecular complexity index is 2000. The minimum absolute atomic E-state index is 0.0405. The van der Waals surface area contributed by atoms with Crippen LogP contribution < -0.4 is 10.4 Å². The highest BCUT2D eigenvalue weighted by atomic mass is 16.7. The molecular weight excluding hydrogens is 634 g/mol. The third-order valence-electron chi connectivity index (χ3n) is 13.6. The van der Waals surface area contributed by atoms with Crippen molar-refractivity contribution in [2.75, 3.05) is 0 Å². The molecule has 1 aromatic carbocycles. The van der Waals surface area contributed by atoms with Crippen LogP contribution in [0.3, 0.4) is 0 Å². The first kappa shape index (κ1) is 33.1. The molecule has 2 saturated heterocycles. The molecule has 5 aliphatic rings. The van der Waals surface area contributed by atoms with Crippen molar-refractivity contribution in [3.05, 3.63) is 50.7 Å². The van der Waals surface area contributed by atoms with E-state index >= 15 is 0 Å². The van der Waals surface area contributed by atoms with Crippen LogP contribution in [-0.4, -0.2) is 46.8 Å². The van der Waals surface area contributed by atoms with Crippen molar-refractivity contribution in [3.63, 3.8) is 0 Å². The lowest BCUT2D eigenvalue weighted by Crippen LogP contribution is -2.57. The van der Waals surface area contributed by atoms with Crippen molar-refractivity contribution < 1.29 is 47.3 Å². The molecule has 2 aromatic rings. The van der Waals surface area contributed by atoms with E-state index < -0.39 is 80.2 Å². The molecule has 2 saturated carbocycles. The topological polar surface area (TPSA) is 149 Å². The standard InChI is InChI=1S/C37H41NO11/c1-18-19-11-12-21-22(23(19)44-26(39)20(18)17-38-10)24(45-29(42)36-15-13-34(8,27(40)48-36)32(36,4)5)25(31(2,3)47-21)46-30(43)37-16-14-35(9,28(41)49-37)33(37,6)7/h11-12,24-25H,13-17H2,1-9H3/t24-,25-,34+,35+,36-,37-/m1/s1. The molecule has 0 radical (unpaired) electrons. The Morgan fingerprint density at radius 3 is 1.82 bits per heavy atom. The van der Waals surface area contributed by atoms with Crippen LogP contribution in [0.2, 0.25) is 0 Å². The second-order valence-corrected chi connectivity index (χ2v) is 16.4. The number of benzene rings is 1. The van der Waals surface area contributed by atoms with E-state index in [1.54, 1.807) is 74.4 Å². The van der Waals surface area contributed by atoms with Crippen molar-refractivity contribution in [2.45, 2.75) is 124 Å². The molecule has 12 nitrogen and oxygen atoms in total.